The highest BCUT2D eigenvalue weighted by Gasteiger charge is 2.20. The molecule has 0 saturated heterocycles. The van der Waals surface area contributed by atoms with Crippen LogP contribution in [0.25, 0.3) is 0 Å². The van der Waals surface area contributed by atoms with E-state index < -0.39 is 0 Å². The molecule has 0 bridgehead atoms. The van der Waals surface area contributed by atoms with Crippen LogP contribution in [0, 0.1) is 12.8 Å². The van der Waals surface area contributed by atoms with Gasteiger partial charge in [0.15, 0.2) is 0 Å². The molecule has 1 unspecified atom stereocenters. The van der Waals surface area contributed by atoms with Gasteiger partial charge in [-0.3, -0.25) is 14.6 Å². The number of nitrogens with one attached hydrogen (secondary N) is 1. The van der Waals surface area contributed by atoms with Crippen molar-refractivity contribution >= 4 is 23.4 Å². The average molecular weight is 284 g/mol. The zero-order valence-corrected chi connectivity index (χ0v) is 12.3. The summed E-state index contributed by atoms with van der Waals surface area (Å²) >= 11 is 6.03. The third-order valence-corrected chi connectivity index (χ3v) is 3.12. The standard InChI is InChI=1S/C13H18ClN3O2/c1-8(12(18)15-3)7-17(4)13(19)10-6-16-9(2)5-11(10)14/h5-6,8H,7H2,1-4H3,(H,15,18). The Morgan fingerprint density at radius 1 is 1.53 bits per heavy atom. The third kappa shape index (κ3) is 3.92. The van der Waals surface area contributed by atoms with Gasteiger partial charge in [0.05, 0.1) is 16.5 Å². The minimum Gasteiger partial charge on any atom is -0.359 e. The van der Waals surface area contributed by atoms with Crippen LogP contribution in [-0.2, 0) is 4.79 Å². The van der Waals surface area contributed by atoms with Crippen LogP contribution >= 0.6 is 11.6 Å². The molecule has 0 aliphatic heterocycles. The molecule has 1 heterocycles. The molecule has 1 atom stereocenters. The zero-order valence-electron chi connectivity index (χ0n) is 11.5. The fraction of sp³-hybridized carbons (Fsp3) is 0.462. The molecule has 0 aromatic carbocycles. The maximum absolute atomic E-state index is 12.2. The molecule has 1 aromatic rings. The van der Waals surface area contributed by atoms with E-state index in [1.54, 1.807) is 34.0 Å². The van der Waals surface area contributed by atoms with Crippen molar-refractivity contribution in [1.82, 2.24) is 15.2 Å². The number of rotatable bonds is 4. The summed E-state index contributed by atoms with van der Waals surface area (Å²) in [4.78, 5) is 29.2. The molecule has 19 heavy (non-hydrogen) atoms. The van der Waals surface area contributed by atoms with E-state index >= 15 is 0 Å². The summed E-state index contributed by atoms with van der Waals surface area (Å²) in [6.45, 7) is 3.89. The summed E-state index contributed by atoms with van der Waals surface area (Å²) in [5.74, 6) is -0.628. The second-order valence-corrected chi connectivity index (χ2v) is 4.91. The number of aromatic nitrogens is 1. The molecule has 6 heteroatoms. The maximum atomic E-state index is 12.2. The van der Waals surface area contributed by atoms with Gasteiger partial charge in [-0.15, -0.1) is 0 Å². The number of amides is 2. The molecule has 0 aliphatic rings. The first-order chi connectivity index (χ1) is 8.86. The zero-order chi connectivity index (χ0) is 14.6. The quantitative estimate of drug-likeness (QED) is 0.911. The Bertz CT molecular complexity index is 491. The van der Waals surface area contributed by atoms with E-state index in [-0.39, 0.29) is 17.7 Å². The number of hydrogen-bond donors (Lipinski definition) is 1. The van der Waals surface area contributed by atoms with Gasteiger partial charge in [-0.2, -0.15) is 0 Å². The lowest BCUT2D eigenvalue weighted by molar-refractivity contribution is -0.124. The van der Waals surface area contributed by atoms with Gasteiger partial charge in [0.2, 0.25) is 5.91 Å². The number of aryl methyl sites for hydroxylation is 1. The number of carbonyl (C=O) groups is 2. The van der Waals surface area contributed by atoms with E-state index in [0.29, 0.717) is 17.1 Å². The second-order valence-electron chi connectivity index (χ2n) is 4.51. The molecular weight excluding hydrogens is 266 g/mol. The number of pyridine rings is 1. The van der Waals surface area contributed by atoms with E-state index in [1.807, 2.05) is 0 Å². The van der Waals surface area contributed by atoms with Gasteiger partial charge in [0.1, 0.15) is 0 Å². The van der Waals surface area contributed by atoms with Crippen LogP contribution in [0.1, 0.15) is 23.0 Å². The fourth-order valence-corrected chi connectivity index (χ4v) is 2.00. The Balaban J connectivity index is 2.79. The van der Waals surface area contributed by atoms with Crippen molar-refractivity contribution in [3.05, 3.63) is 28.5 Å². The predicted molar refractivity (Wildman–Crippen MR) is 74.2 cm³/mol. The third-order valence-electron chi connectivity index (χ3n) is 2.81. The monoisotopic (exact) mass is 283 g/mol. The Morgan fingerprint density at radius 3 is 2.68 bits per heavy atom. The fourth-order valence-electron chi connectivity index (χ4n) is 1.71. The van der Waals surface area contributed by atoms with Gasteiger partial charge in [0, 0.05) is 32.5 Å². The number of hydrogen-bond acceptors (Lipinski definition) is 3. The Hall–Kier alpha value is -1.62. The SMILES string of the molecule is CNC(=O)C(C)CN(C)C(=O)c1cnc(C)cc1Cl. The van der Waals surface area contributed by atoms with Crippen molar-refractivity contribution in [2.24, 2.45) is 5.92 Å². The van der Waals surface area contributed by atoms with E-state index in [0.717, 1.165) is 5.69 Å². The second kappa shape index (κ2) is 6.52. The van der Waals surface area contributed by atoms with Gasteiger partial charge in [0.25, 0.3) is 5.91 Å². The minimum absolute atomic E-state index is 0.104. The molecule has 1 N–H and O–H groups in total. The van der Waals surface area contributed by atoms with Crippen molar-refractivity contribution < 1.29 is 9.59 Å². The predicted octanol–water partition coefficient (Wildman–Crippen LogP) is 1.50. The van der Waals surface area contributed by atoms with Gasteiger partial charge in [-0.25, -0.2) is 0 Å². The van der Waals surface area contributed by atoms with Crippen molar-refractivity contribution in [2.75, 3.05) is 20.6 Å². The smallest absolute Gasteiger partial charge is 0.256 e. The van der Waals surface area contributed by atoms with Crippen LogP contribution in [0.5, 0.6) is 0 Å². The molecule has 0 aliphatic carbocycles. The first-order valence-electron chi connectivity index (χ1n) is 5.96. The first-order valence-corrected chi connectivity index (χ1v) is 6.33. The first kappa shape index (κ1) is 15.4. The molecule has 0 spiro atoms. The van der Waals surface area contributed by atoms with Crippen LogP contribution < -0.4 is 5.32 Å². The van der Waals surface area contributed by atoms with Crippen molar-refractivity contribution in [1.29, 1.82) is 0 Å². The van der Waals surface area contributed by atoms with Crippen LogP contribution in [0.15, 0.2) is 12.3 Å². The molecule has 5 nitrogen and oxygen atoms in total. The Kier molecular flexibility index (Phi) is 5.30. The van der Waals surface area contributed by atoms with Crippen molar-refractivity contribution in [2.45, 2.75) is 13.8 Å². The topological polar surface area (TPSA) is 62.3 Å². The molecule has 2 amide bonds. The molecular formula is C13H18ClN3O2. The summed E-state index contributed by atoms with van der Waals surface area (Å²) in [5.41, 5.74) is 1.10. The molecule has 0 saturated carbocycles. The highest BCUT2D eigenvalue weighted by atomic mass is 35.5. The lowest BCUT2D eigenvalue weighted by atomic mass is 10.1. The molecule has 0 radical (unpaired) electrons. The van der Waals surface area contributed by atoms with E-state index in [1.165, 1.54) is 11.1 Å². The van der Waals surface area contributed by atoms with Gasteiger partial charge in [-0.1, -0.05) is 18.5 Å². The van der Waals surface area contributed by atoms with E-state index in [4.69, 9.17) is 11.6 Å². The van der Waals surface area contributed by atoms with Gasteiger partial charge in [-0.05, 0) is 13.0 Å². The van der Waals surface area contributed by atoms with Crippen LogP contribution in [0.3, 0.4) is 0 Å². The molecule has 0 fully saturated rings. The highest BCUT2D eigenvalue weighted by molar-refractivity contribution is 6.33. The van der Waals surface area contributed by atoms with Crippen molar-refractivity contribution in [3.63, 3.8) is 0 Å². The largest absolute Gasteiger partial charge is 0.359 e. The van der Waals surface area contributed by atoms with Crippen molar-refractivity contribution in [3.8, 4) is 0 Å². The van der Waals surface area contributed by atoms with Crippen LogP contribution in [0.2, 0.25) is 5.02 Å². The van der Waals surface area contributed by atoms with Crippen LogP contribution in [-0.4, -0.2) is 42.3 Å². The van der Waals surface area contributed by atoms with Crippen LogP contribution in [0.4, 0.5) is 0 Å². The maximum Gasteiger partial charge on any atom is 0.256 e. The van der Waals surface area contributed by atoms with E-state index in [2.05, 4.69) is 10.3 Å². The molecule has 1 rings (SSSR count). The van der Waals surface area contributed by atoms with Gasteiger partial charge >= 0.3 is 0 Å². The lowest BCUT2D eigenvalue weighted by Crippen LogP contribution is -2.37. The summed E-state index contributed by atoms with van der Waals surface area (Å²) in [7, 11) is 3.21. The Morgan fingerprint density at radius 2 is 2.16 bits per heavy atom. The highest BCUT2D eigenvalue weighted by Crippen LogP contribution is 2.17. The summed E-state index contributed by atoms with van der Waals surface area (Å²) < 4.78 is 0. The average Bonchev–Trinajstić information content (AvgIpc) is 2.36. The molecule has 1 aromatic heterocycles. The minimum atomic E-state index is -0.281. The van der Waals surface area contributed by atoms with Gasteiger partial charge < -0.3 is 10.2 Å². The summed E-state index contributed by atoms with van der Waals surface area (Å²) in [6, 6.07) is 1.64. The number of nitrogens with zero attached hydrogens (tertiary/aromatic N) is 2. The molecule has 104 valence electrons. The number of carbonyl (C=O) groups excluding carboxylic acids is 2. The number of halogens is 1. The Labute approximate surface area is 118 Å². The summed E-state index contributed by atoms with van der Waals surface area (Å²) in [6.07, 6.45) is 1.46. The lowest BCUT2D eigenvalue weighted by Gasteiger charge is -2.21. The normalized spacial score (nSPS) is 11.8. The van der Waals surface area contributed by atoms with E-state index in [9.17, 15) is 9.59 Å². The summed E-state index contributed by atoms with van der Waals surface area (Å²) in [5, 5.41) is 2.92.